The predicted molar refractivity (Wildman–Crippen MR) is 77.8 cm³/mol. The molecular weight excluding hydrogens is 269 g/mol. The van der Waals surface area contributed by atoms with Gasteiger partial charge in [0.1, 0.15) is 13.1 Å². The highest BCUT2D eigenvalue weighted by Gasteiger charge is 2.29. The number of thioether (sulfide) groups is 1. The molecule has 0 spiro atoms. The average molecular weight is 284 g/mol. The number of aromatic amines is 1. The number of hydrogen-bond donors (Lipinski definition) is 1. The second-order valence-electron chi connectivity index (χ2n) is 4.21. The second-order valence-corrected chi connectivity index (χ2v) is 7.00. The van der Waals surface area contributed by atoms with Crippen LogP contribution in [-0.4, -0.2) is 47.8 Å². The monoisotopic (exact) mass is 284 g/mol. The van der Waals surface area contributed by atoms with Gasteiger partial charge in [-0.2, -0.15) is 0 Å². The van der Waals surface area contributed by atoms with Gasteiger partial charge in [0.25, 0.3) is 5.56 Å². The van der Waals surface area contributed by atoms with Crippen molar-refractivity contribution in [3.63, 3.8) is 0 Å². The maximum atomic E-state index is 11.9. The van der Waals surface area contributed by atoms with Crippen LogP contribution in [0, 0.1) is 0 Å². The van der Waals surface area contributed by atoms with E-state index in [-0.39, 0.29) is 24.5 Å². The molecule has 18 heavy (non-hydrogen) atoms. The summed E-state index contributed by atoms with van der Waals surface area (Å²) in [5, 5.41) is 0.544. The van der Waals surface area contributed by atoms with Crippen molar-refractivity contribution in [2.45, 2.75) is 11.6 Å². The van der Waals surface area contributed by atoms with Crippen molar-refractivity contribution in [1.82, 2.24) is 9.97 Å². The summed E-state index contributed by atoms with van der Waals surface area (Å²) in [6.07, 6.45) is 6.99. The van der Waals surface area contributed by atoms with Gasteiger partial charge < -0.3 is 9.88 Å². The van der Waals surface area contributed by atoms with Gasteiger partial charge in [0.05, 0.1) is 13.0 Å². The molecule has 96 valence electrons. The van der Waals surface area contributed by atoms with Crippen molar-refractivity contribution in [3.8, 4) is 0 Å². The molecule has 0 aromatic carbocycles. The quantitative estimate of drug-likeness (QED) is 0.516. The van der Waals surface area contributed by atoms with Gasteiger partial charge in [-0.15, -0.1) is 0 Å². The molecule has 0 fully saturated rings. The summed E-state index contributed by atoms with van der Waals surface area (Å²) in [6, 6.07) is 0. The normalized spacial score (nSPS) is 15.6. The van der Waals surface area contributed by atoms with E-state index in [0.717, 1.165) is 6.29 Å². The fourth-order valence-corrected chi connectivity index (χ4v) is 3.15. The van der Waals surface area contributed by atoms with Crippen LogP contribution in [0.2, 0.25) is 0 Å². The number of hydrogen-bond acceptors (Lipinski definition) is 5. The summed E-state index contributed by atoms with van der Waals surface area (Å²) in [6.45, 7) is 2.69. The smallest absolute Gasteiger partial charge is 0.264 e. The van der Waals surface area contributed by atoms with E-state index in [1.807, 2.05) is 11.2 Å². The molecule has 1 aliphatic heterocycles. The number of aromatic nitrogens is 2. The lowest BCUT2D eigenvalue weighted by atomic mass is 10.1. The standard InChI is InChI=1S/C11H14N3O2PS/c1-17(2)6-14-5-4-7(15)8-9(14)12-11(18-3)13-10(8)16/h1,4-6H2,2-3H3/p+1. The Morgan fingerprint density at radius 1 is 1.56 bits per heavy atom. The zero-order valence-electron chi connectivity index (χ0n) is 10.4. The van der Waals surface area contributed by atoms with Crippen molar-refractivity contribution in [3.05, 3.63) is 15.9 Å². The summed E-state index contributed by atoms with van der Waals surface area (Å²) in [5.41, 5.74) is -0.126. The van der Waals surface area contributed by atoms with Crippen LogP contribution in [0.15, 0.2) is 9.95 Å². The number of carbonyl (C=O) groups is 1. The fourth-order valence-electron chi connectivity index (χ4n) is 1.91. The number of anilines is 1. The lowest BCUT2D eigenvalue weighted by molar-refractivity contribution is 0.0978. The first kappa shape index (κ1) is 13.3. The molecule has 5 nitrogen and oxygen atoms in total. The Balaban J connectivity index is 2.55. The van der Waals surface area contributed by atoms with Crippen LogP contribution in [0.5, 0.6) is 0 Å². The molecule has 1 unspecified atom stereocenters. The Morgan fingerprint density at radius 3 is 2.89 bits per heavy atom. The van der Waals surface area contributed by atoms with E-state index >= 15 is 0 Å². The highest BCUT2D eigenvalue weighted by molar-refractivity contribution is 7.98. The maximum absolute atomic E-state index is 11.9. The molecule has 1 aliphatic rings. The van der Waals surface area contributed by atoms with E-state index < -0.39 is 0 Å². The highest BCUT2D eigenvalue weighted by atomic mass is 32.2. The summed E-state index contributed by atoms with van der Waals surface area (Å²) in [4.78, 5) is 32.8. The summed E-state index contributed by atoms with van der Waals surface area (Å²) >= 11 is 1.36. The number of carbonyl (C=O) groups excluding carboxylic acids is 1. The first-order chi connectivity index (χ1) is 8.52. The molecule has 1 aromatic rings. The average Bonchev–Trinajstić information content (AvgIpc) is 2.31. The predicted octanol–water partition coefficient (Wildman–Crippen LogP) is 1.39. The lowest BCUT2D eigenvalue weighted by Crippen LogP contribution is -2.37. The SMILES string of the molecule is C=[P+](C)CN1CCC(=O)c2c1nc(SC)[nH]c2=O. The van der Waals surface area contributed by atoms with Crippen molar-refractivity contribution in [2.75, 3.05) is 30.7 Å². The molecule has 0 saturated heterocycles. The number of ketones is 1. The molecule has 0 aliphatic carbocycles. The van der Waals surface area contributed by atoms with Gasteiger partial charge in [-0.05, 0) is 6.26 Å². The molecule has 7 heteroatoms. The summed E-state index contributed by atoms with van der Waals surface area (Å²) in [5.74, 6) is 0.407. The van der Waals surface area contributed by atoms with Crippen molar-refractivity contribution in [1.29, 1.82) is 0 Å². The third-order valence-corrected chi connectivity index (χ3v) is 4.08. The van der Waals surface area contributed by atoms with Crippen LogP contribution in [0.4, 0.5) is 5.82 Å². The van der Waals surface area contributed by atoms with E-state index in [9.17, 15) is 9.59 Å². The number of nitrogens with zero attached hydrogens (tertiary/aromatic N) is 2. The van der Waals surface area contributed by atoms with Crippen molar-refractivity contribution >= 4 is 37.2 Å². The third-order valence-electron chi connectivity index (χ3n) is 2.67. The van der Waals surface area contributed by atoms with Gasteiger partial charge in [-0.1, -0.05) is 11.8 Å². The molecule has 0 saturated carbocycles. The Morgan fingerprint density at radius 2 is 2.28 bits per heavy atom. The number of rotatable bonds is 3. The van der Waals surface area contributed by atoms with Gasteiger partial charge in [-0.3, -0.25) is 9.59 Å². The summed E-state index contributed by atoms with van der Waals surface area (Å²) < 4.78 is 0. The zero-order valence-corrected chi connectivity index (χ0v) is 12.1. The van der Waals surface area contributed by atoms with Crippen LogP contribution < -0.4 is 10.5 Å². The number of H-pyrrole nitrogens is 1. The van der Waals surface area contributed by atoms with Crippen LogP contribution in [0.1, 0.15) is 16.8 Å². The van der Waals surface area contributed by atoms with Gasteiger partial charge in [0, 0.05) is 13.0 Å². The number of Topliss-reactive ketones (excluding diaryl/α,β-unsaturated/α-hetero) is 1. The van der Waals surface area contributed by atoms with Crippen LogP contribution in [-0.2, 0) is 0 Å². The van der Waals surface area contributed by atoms with Crippen molar-refractivity contribution < 1.29 is 4.79 Å². The molecule has 0 bridgehead atoms. The van der Waals surface area contributed by atoms with E-state index in [4.69, 9.17) is 0 Å². The Labute approximate surface area is 110 Å². The zero-order chi connectivity index (χ0) is 13.3. The first-order valence-corrected chi connectivity index (χ1v) is 8.89. The minimum absolute atomic E-state index is 0.118. The lowest BCUT2D eigenvalue weighted by Gasteiger charge is -2.25. The molecule has 1 N–H and O–H groups in total. The van der Waals surface area contributed by atoms with Crippen LogP contribution in [0.3, 0.4) is 0 Å². The van der Waals surface area contributed by atoms with Gasteiger partial charge in [0.2, 0.25) is 0 Å². The van der Waals surface area contributed by atoms with E-state index in [2.05, 4.69) is 22.9 Å². The molecule has 0 amide bonds. The Hall–Kier alpha value is -1.13. The second kappa shape index (κ2) is 5.24. The van der Waals surface area contributed by atoms with E-state index in [0.29, 0.717) is 23.9 Å². The molecule has 1 aromatic heterocycles. The van der Waals surface area contributed by atoms with Crippen LogP contribution >= 0.6 is 19.3 Å². The van der Waals surface area contributed by atoms with E-state index in [1.165, 1.54) is 11.8 Å². The largest absolute Gasteiger partial charge is 0.317 e. The highest BCUT2D eigenvalue weighted by Crippen LogP contribution is 2.27. The molecular formula is C11H15N3O2PS+. The van der Waals surface area contributed by atoms with Crippen molar-refractivity contribution in [2.24, 2.45) is 0 Å². The Bertz CT molecular complexity index is 570. The molecule has 1 atom stereocenters. The Kier molecular flexibility index (Phi) is 3.88. The molecule has 0 radical (unpaired) electrons. The topological polar surface area (TPSA) is 66.1 Å². The summed E-state index contributed by atoms with van der Waals surface area (Å²) in [7, 11) is -0.380. The van der Waals surface area contributed by atoms with Gasteiger partial charge >= 0.3 is 0 Å². The molecule has 2 heterocycles. The number of nitrogens with one attached hydrogen (secondary N) is 1. The van der Waals surface area contributed by atoms with Crippen LogP contribution in [0.25, 0.3) is 0 Å². The van der Waals surface area contributed by atoms with E-state index in [1.54, 1.807) is 0 Å². The minimum atomic E-state index is -0.380. The third kappa shape index (κ3) is 2.49. The molecule has 2 rings (SSSR count). The fraction of sp³-hybridized carbons (Fsp3) is 0.455. The first-order valence-electron chi connectivity index (χ1n) is 5.51. The minimum Gasteiger partial charge on any atom is -0.317 e. The van der Waals surface area contributed by atoms with Gasteiger partial charge in [-0.25, -0.2) is 4.98 Å². The van der Waals surface area contributed by atoms with Gasteiger partial charge in [0.15, 0.2) is 23.0 Å². The number of fused-ring (bicyclic) bond motifs is 1. The maximum Gasteiger partial charge on any atom is 0.264 e.